The summed E-state index contributed by atoms with van der Waals surface area (Å²) in [6, 6.07) is 87.8. The lowest BCUT2D eigenvalue weighted by molar-refractivity contribution is 0.919. The molecule has 4 aromatic heterocycles. The van der Waals surface area contributed by atoms with Crippen molar-refractivity contribution in [2.45, 2.75) is 5.92 Å². The minimum Gasteiger partial charge on any atom is -0.309 e. The highest BCUT2D eigenvalue weighted by Crippen LogP contribution is 2.53. The third-order valence-electron chi connectivity index (χ3n) is 14.7. The van der Waals surface area contributed by atoms with Crippen LogP contribution in [0.25, 0.3) is 116 Å². The van der Waals surface area contributed by atoms with Crippen LogP contribution in [0.3, 0.4) is 0 Å². The lowest BCUT2D eigenvalue weighted by atomic mass is 9.90. The van der Waals surface area contributed by atoms with Crippen molar-refractivity contribution in [2.75, 3.05) is 0 Å². The molecule has 0 spiro atoms. The van der Waals surface area contributed by atoms with Gasteiger partial charge in [0.1, 0.15) is 5.82 Å². The number of aromatic nitrogens is 5. The molecule has 1 unspecified atom stereocenters. The minimum atomic E-state index is -0.192. The third kappa shape index (κ3) is 5.60. The van der Waals surface area contributed by atoms with Crippen molar-refractivity contribution in [3.8, 4) is 50.8 Å². The summed E-state index contributed by atoms with van der Waals surface area (Å²) in [5.41, 5.74) is 18.4. The molecule has 0 N–H and O–H groups in total. The maximum atomic E-state index is 5.73. The van der Waals surface area contributed by atoms with E-state index in [9.17, 15) is 0 Å². The van der Waals surface area contributed by atoms with Crippen LogP contribution < -0.4 is 0 Å². The molecule has 10 aromatic carbocycles. The van der Waals surface area contributed by atoms with Crippen LogP contribution in [-0.4, -0.2) is 23.7 Å². The van der Waals surface area contributed by atoms with Gasteiger partial charge in [-0.25, -0.2) is 9.97 Å². The molecule has 0 aliphatic heterocycles. The van der Waals surface area contributed by atoms with Crippen LogP contribution in [0.4, 0.5) is 0 Å². The summed E-state index contributed by atoms with van der Waals surface area (Å²) in [5, 5.41) is 7.21. The van der Waals surface area contributed by atoms with Gasteiger partial charge in [0.15, 0.2) is 5.82 Å². The Labute approximate surface area is 403 Å². The highest BCUT2D eigenvalue weighted by Gasteiger charge is 2.35. The van der Waals surface area contributed by atoms with E-state index in [0.29, 0.717) is 5.82 Å². The standard InChI is InChI=1S/C65H41N5/c1-4-18-41(19-5-1)42-32-34-43(35-33-42)65-66-53(60-48-26-11-10-24-46(48)49-36-38-57-61(63(49)60)51-27-13-16-30-55(51)68(57)44-20-6-2-7-21-44)40-59(67-65)70-54-29-15-12-25-47(54)50-37-39-58-62(64(50)70)52-28-14-17-31-56(52)69(58)45-22-8-3-9-23-45/h1-40,60H. The number of rotatable bonds is 6. The van der Waals surface area contributed by atoms with E-state index in [4.69, 9.17) is 9.97 Å². The number of hydrogen-bond donors (Lipinski definition) is 0. The highest BCUT2D eigenvalue weighted by atomic mass is 15.1. The van der Waals surface area contributed by atoms with Crippen LogP contribution >= 0.6 is 0 Å². The molecule has 0 bridgehead atoms. The zero-order valence-electron chi connectivity index (χ0n) is 37.9. The van der Waals surface area contributed by atoms with Gasteiger partial charge in [0.2, 0.25) is 0 Å². The molecule has 0 fully saturated rings. The third-order valence-corrected chi connectivity index (χ3v) is 14.7. The number of para-hydroxylation sites is 5. The van der Waals surface area contributed by atoms with E-state index >= 15 is 0 Å². The highest BCUT2D eigenvalue weighted by molar-refractivity contribution is 6.26. The molecular formula is C65H41N5. The molecule has 0 saturated carbocycles. The molecular weight excluding hydrogens is 851 g/mol. The first-order chi connectivity index (χ1) is 34.8. The largest absolute Gasteiger partial charge is 0.309 e. The molecule has 15 rings (SSSR count). The van der Waals surface area contributed by atoms with Crippen molar-refractivity contribution in [1.29, 1.82) is 0 Å². The number of benzene rings is 10. The molecule has 0 amide bonds. The van der Waals surface area contributed by atoms with Gasteiger partial charge in [-0.05, 0) is 88.0 Å². The fourth-order valence-corrected chi connectivity index (χ4v) is 11.8. The smallest absolute Gasteiger partial charge is 0.161 e. The fourth-order valence-electron chi connectivity index (χ4n) is 11.8. The van der Waals surface area contributed by atoms with Gasteiger partial charge >= 0.3 is 0 Å². The van der Waals surface area contributed by atoms with Crippen LogP contribution in [0.15, 0.2) is 243 Å². The average Bonchev–Trinajstić information content (AvgIpc) is 4.17. The van der Waals surface area contributed by atoms with Crippen LogP contribution in [0.2, 0.25) is 0 Å². The molecule has 0 radical (unpaired) electrons. The topological polar surface area (TPSA) is 40.6 Å². The van der Waals surface area contributed by atoms with Gasteiger partial charge in [0, 0.05) is 55.3 Å². The van der Waals surface area contributed by atoms with Crippen molar-refractivity contribution in [1.82, 2.24) is 23.7 Å². The Morgan fingerprint density at radius 1 is 0.329 bits per heavy atom. The predicted octanol–water partition coefficient (Wildman–Crippen LogP) is 16.3. The molecule has 326 valence electrons. The first-order valence-corrected chi connectivity index (χ1v) is 24.0. The lowest BCUT2D eigenvalue weighted by Gasteiger charge is -2.18. The van der Waals surface area contributed by atoms with E-state index < -0.39 is 0 Å². The van der Waals surface area contributed by atoms with Gasteiger partial charge in [-0.15, -0.1) is 0 Å². The SMILES string of the molecule is c1ccc(-c2ccc(-c3nc(C4c5ccccc5-c5ccc6c(c54)c4ccccc4n6-c4ccccc4)cc(-n4c5ccccc5c5ccc6c(c7ccccc7n6-c6ccccc6)c54)n3)cc2)cc1. The van der Waals surface area contributed by atoms with Gasteiger partial charge < -0.3 is 9.13 Å². The quantitative estimate of drug-likeness (QED) is 0.167. The fraction of sp³-hybridized carbons (Fsp3) is 0.0154. The van der Waals surface area contributed by atoms with Gasteiger partial charge in [-0.1, -0.05) is 182 Å². The molecule has 1 aliphatic carbocycles. The molecule has 5 heteroatoms. The summed E-state index contributed by atoms with van der Waals surface area (Å²) in [6.07, 6.45) is 0. The summed E-state index contributed by atoms with van der Waals surface area (Å²) >= 11 is 0. The van der Waals surface area contributed by atoms with Crippen LogP contribution in [0, 0.1) is 0 Å². The summed E-state index contributed by atoms with van der Waals surface area (Å²) in [4.78, 5) is 11.4. The van der Waals surface area contributed by atoms with Crippen molar-refractivity contribution in [3.05, 3.63) is 259 Å². The monoisotopic (exact) mass is 891 g/mol. The van der Waals surface area contributed by atoms with Crippen molar-refractivity contribution < 1.29 is 0 Å². The van der Waals surface area contributed by atoms with E-state index in [2.05, 4.69) is 256 Å². The van der Waals surface area contributed by atoms with Gasteiger partial charge in [0.25, 0.3) is 0 Å². The van der Waals surface area contributed by atoms with E-state index in [1.54, 1.807) is 0 Å². The molecule has 5 nitrogen and oxygen atoms in total. The zero-order valence-corrected chi connectivity index (χ0v) is 37.9. The Kier molecular flexibility index (Phi) is 8.36. The number of nitrogens with zero attached hydrogens (tertiary/aromatic N) is 5. The van der Waals surface area contributed by atoms with E-state index in [-0.39, 0.29) is 5.92 Å². The summed E-state index contributed by atoms with van der Waals surface area (Å²) in [7, 11) is 0. The zero-order chi connectivity index (χ0) is 45.9. The molecule has 0 saturated heterocycles. The van der Waals surface area contributed by atoms with Gasteiger partial charge in [-0.3, -0.25) is 4.57 Å². The Morgan fingerprint density at radius 3 is 1.53 bits per heavy atom. The number of fused-ring (bicyclic) bond motifs is 14. The maximum Gasteiger partial charge on any atom is 0.161 e. The van der Waals surface area contributed by atoms with Crippen molar-refractivity contribution in [2.24, 2.45) is 0 Å². The van der Waals surface area contributed by atoms with Crippen LogP contribution in [0.5, 0.6) is 0 Å². The average molecular weight is 892 g/mol. The molecule has 14 aromatic rings. The van der Waals surface area contributed by atoms with E-state index in [0.717, 1.165) is 56.1 Å². The summed E-state index contributed by atoms with van der Waals surface area (Å²) in [6.45, 7) is 0. The summed E-state index contributed by atoms with van der Waals surface area (Å²) in [5.74, 6) is 1.32. The first kappa shape index (κ1) is 38.8. The van der Waals surface area contributed by atoms with Crippen LogP contribution in [0.1, 0.15) is 22.7 Å². The molecule has 1 atom stereocenters. The molecule has 1 aliphatic rings. The van der Waals surface area contributed by atoms with Gasteiger partial charge in [-0.2, -0.15) is 0 Å². The first-order valence-electron chi connectivity index (χ1n) is 24.0. The maximum absolute atomic E-state index is 5.73. The van der Waals surface area contributed by atoms with Crippen molar-refractivity contribution >= 4 is 65.4 Å². The predicted molar refractivity (Wildman–Crippen MR) is 289 cm³/mol. The van der Waals surface area contributed by atoms with Crippen LogP contribution in [-0.2, 0) is 0 Å². The minimum absolute atomic E-state index is 0.192. The number of hydrogen-bond acceptors (Lipinski definition) is 2. The normalized spacial score (nSPS) is 13.3. The molecule has 4 heterocycles. The van der Waals surface area contributed by atoms with E-state index in [1.165, 1.54) is 71.2 Å². The Morgan fingerprint density at radius 2 is 0.843 bits per heavy atom. The Balaban J connectivity index is 1.06. The van der Waals surface area contributed by atoms with Gasteiger partial charge in [0.05, 0.1) is 44.7 Å². The second kappa shape index (κ2) is 15.1. The summed E-state index contributed by atoms with van der Waals surface area (Å²) < 4.78 is 7.25. The Hall–Kier alpha value is -9.32. The Bertz CT molecular complexity index is 4390. The second-order valence-corrected chi connectivity index (χ2v) is 18.4. The molecule has 70 heavy (non-hydrogen) atoms. The van der Waals surface area contributed by atoms with E-state index in [1.807, 2.05) is 0 Å². The lowest BCUT2D eigenvalue weighted by Crippen LogP contribution is -2.09. The van der Waals surface area contributed by atoms with Crippen molar-refractivity contribution in [3.63, 3.8) is 0 Å². The second-order valence-electron chi connectivity index (χ2n) is 18.4.